The molecule has 0 aliphatic rings. The van der Waals surface area contributed by atoms with Crippen molar-refractivity contribution in [1.82, 2.24) is 5.32 Å². The molecule has 0 fully saturated rings. The number of hydrogen-bond acceptors (Lipinski definition) is 6. The molecule has 1 atom stereocenters. The second-order valence-corrected chi connectivity index (χ2v) is 13.8. The van der Waals surface area contributed by atoms with Gasteiger partial charge in [0.05, 0.1) is 10.8 Å². The van der Waals surface area contributed by atoms with E-state index in [4.69, 9.17) is 16.7 Å². The van der Waals surface area contributed by atoms with Gasteiger partial charge in [-0.05, 0) is 79.6 Å². The number of nitrogens with one attached hydrogen (secondary N) is 1. The van der Waals surface area contributed by atoms with Crippen molar-refractivity contribution in [3.8, 4) is 0 Å². The van der Waals surface area contributed by atoms with Gasteiger partial charge in [0.15, 0.2) is 9.84 Å². The number of carbonyl (C=O) groups is 1. The van der Waals surface area contributed by atoms with Crippen LogP contribution in [-0.4, -0.2) is 43.6 Å². The van der Waals surface area contributed by atoms with E-state index in [9.17, 15) is 17.6 Å². The van der Waals surface area contributed by atoms with Crippen molar-refractivity contribution in [2.75, 3.05) is 18.8 Å². The van der Waals surface area contributed by atoms with Crippen molar-refractivity contribution in [3.63, 3.8) is 0 Å². The smallest absolute Gasteiger partial charge is 0.303 e. The van der Waals surface area contributed by atoms with E-state index < -0.39 is 21.6 Å². The highest BCUT2D eigenvalue weighted by molar-refractivity contribution is 8.00. The summed E-state index contributed by atoms with van der Waals surface area (Å²) >= 11 is 8.71. The van der Waals surface area contributed by atoms with Crippen molar-refractivity contribution in [1.29, 1.82) is 0 Å². The van der Waals surface area contributed by atoms with Crippen LogP contribution in [0.1, 0.15) is 36.5 Å². The molecule has 35 heavy (non-hydrogen) atoms. The second kappa shape index (κ2) is 12.1. The lowest BCUT2D eigenvalue weighted by atomic mass is 10.0. The molecule has 0 spiro atoms. The maximum atomic E-state index is 13.8. The molecular formula is C25H29ClFNO4S3. The third-order valence-corrected chi connectivity index (χ3v) is 10.8. The summed E-state index contributed by atoms with van der Waals surface area (Å²) in [6.45, 7) is 7.10. The molecule has 0 amide bonds. The standard InChI is InChI=1S/C25H29ClFNO4S3/c1-15-11-19(7-5-18(15)6-8-24(29)30)33-16(2)14-28-9-4-10-35(31,32)25-17(3)20-12-22(27)21(26)13-23(20)34-25/h5,7,11-13,16,28H,4,6,8-10,14H2,1-3H3,(H,29,30)/t16-/m1/s1. The number of carboxylic acids is 1. The normalized spacial score (nSPS) is 12.8. The molecule has 2 aromatic carbocycles. The first-order valence-electron chi connectivity index (χ1n) is 11.3. The minimum atomic E-state index is -3.48. The lowest BCUT2D eigenvalue weighted by molar-refractivity contribution is -0.136. The average molecular weight is 558 g/mol. The molecule has 0 radical (unpaired) electrons. The number of fused-ring (bicyclic) bond motifs is 1. The number of rotatable bonds is 12. The van der Waals surface area contributed by atoms with Gasteiger partial charge in [-0.1, -0.05) is 24.6 Å². The minimum Gasteiger partial charge on any atom is -0.481 e. The zero-order valence-electron chi connectivity index (χ0n) is 19.9. The molecule has 0 bridgehead atoms. The first-order chi connectivity index (χ1) is 16.5. The number of benzene rings is 2. The number of carboxylic acid groups (broad SMARTS) is 1. The number of hydrogen-bond donors (Lipinski definition) is 2. The van der Waals surface area contributed by atoms with E-state index in [1.54, 1.807) is 18.7 Å². The SMILES string of the molecule is Cc1cc(S[C@H](C)CNCCCS(=O)(=O)c2sc3cc(Cl)c(F)cc3c2C)ccc1CCC(=O)O. The number of sulfone groups is 1. The minimum absolute atomic E-state index is 0.0109. The van der Waals surface area contributed by atoms with Crippen LogP contribution in [-0.2, 0) is 21.1 Å². The molecular weight excluding hydrogens is 529 g/mol. The summed E-state index contributed by atoms with van der Waals surface area (Å²) < 4.78 is 40.5. The first-order valence-corrected chi connectivity index (χ1v) is 15.0. The van der Waals surface area contributed by atoms with E-state index in [2.05, 4.69) is 18.3 Å². The predicted molar refractivity (Wildman–Crippen MR) is 144 cm³/mol. The quantitative estimate of drug-likeness (QED) is 0.202. The molecule has 0 saturated heterocycles. The molecule has 10 heteroatoms. The van der Waals surface area contributed by atoms with E-state index in [0.29, 0.717) is 35.0 Å². The molecule has 3 aromatic rings. The van der Waals surface area contributed by atoms with Gasteiger partial charge in [-0.3, -0.25) is 4.79 Å². The van der Waals surface area contributed by atoms with Gasteiger partial charge in [0.25, 0.3) is 0 Å². The van der Waals surface area contributed by atoms with Gasteiger partial charge in [-0.25, -0.2) is 12.8 Å². The van der Waals surface area contributed by atoms with E-state index >= 15 is 0 Å². The number of halogens is 2. The van der Waals surface area contributed by atoms with Crippen molar-refractivity contribution in [2.24, 2.45) is 0 Å². The Morgan fingerprint density at radius 2 is 2.00 bits per heavy atom. The first kappa shape index (κ1) is 27.9. The van der Waals surface area contributed by atoms with Crippen LogP contribution in [0, 0.1) is 19.7 Å². The van der Waals surface area contributed by atoms with Crippen LogP contribution in [0.15, 0.2) is 39.4 Å². The third-order valence-electron chi connectivity index (χ3n) is 5.68. The van der Waals surface area contributed by atoms with Gasteiger partial charge in [0.2, 0.25) is 0 Å². The van der Waals surface area contributed by atoms with Gasteiger partial charge in [0, 0.05) is 27.8 Å². The number of aryl methyl sites for hydroxylation is 3. The number of thiophene rings is 1. The summed E-state index contributed by atoms with van der Waals surface area (Å²) in [7, 11) is -3.48. The van der Waals surface area contributed by atoms with E-state index in [0.717, 1.165) is 33.9 Å². The lowest BCUT2D eigenvalue weighted by Gasteiger charge is -2.14. The van der Waals surface area contributed by atoms with Crippen molar-refractivity contribution < 1.29 is 22.7 Å². The fraction of sp³-hybridized carbons (Fsp3) is 0.400. The highest BCUT2D eigenvalue weighted by Crippen LogP contribution is 2.37. The Bertz CT molecular complexity index is 1320. The second-order valence-electron chi connectivity index (χ2n) is 8.56. The maximum absolute atomic E-state index is 13.8. The van der Waals surface area contributed by atoms with Gasteiger partial charge < -0.3 is 10.4 Å². The Kier molecular flexibility index (Phi) is 9.62. The summed E-state index contributed by atoms with van der Waals surface area (Å²) in [5, 5.41) is 13.0. The maximum Gasteiger partial charge on any atom is 0.303 e. The van der Waals surface area contributed by atoms with Crippen LogP contribution in [0.5, 0.6) is 0 Å². The van der Waals surface area contributed by atoms with Crippen LogP contribution in [0.2, 0.25) is 5.02 Å². The fourth-order valence-corrected chi connectivity index (χ4v) is 8.37. The monoisotopic (exact) mass is 557 g/mol. The highest BCUT2D eigenvalue weighted by Gasteiger charge is 2.22. The Labute approximate surface area is 219 Å². The summed E-state index contributed by atoms with van der Waals surface area (Å²) in [5.74, 6) is -1.33. The summed E-state index contributed by atoms with van der Waals surface area (Å²) in [4.78, 5) is 11.9. The van der Waals surface area contributed by atoms with E-state index in [1.165, 1.54) is 12.1 Å². The molecule has 1 aromatic heterocycles. The Balaban J connectivity index is 1.47. The van der Waals surface area contributed by atoms with Crippen LogP contribution in [0.25, 0.3) is 10.1 Å². The summed E-state index contributed by atoms with van der Waals surface area (Å²) in [5.41, 5.74) is 2.71. The fourth-order valence-electron chi connectivity index (χ4n) is 3.81. The van der Waals surface area contributed by atoms with Crippen molar-refractivity contribution in [3.05, 3.63) is 57.9 Å². The molecule has 0 saturated carbocycles. The largest absolute Gasteiger partial charge is 0.481 e. The van der Waals surface area contributed by atoms with Crippen molar-refractivity contribution >= 4 is 60.6 Å². The predicted octanol–water partition coefficient (Wildman–Crippen LogP) is 6.26. The molecule has 0 aliphatic heterocycles. The van der Waals surface area contributed by atoms with Crippen molar-refractivity contribution in [2.45, 2.75) is 54.4 Å². The molecule has 0 aliphatic carbocycles. The topological polar surface area (TPSA) is 83.5 Å². The Hall–Kier alpha value is -1.65. The average Bonchev–Trinajstić information content (AvgIpc) is 3.09. The molecule has 1 heterocycles. The zero-order valence-corrected chi connectivity index (χ0v) is 23.1. The van der Waals surface area contributed by atoms with Crippen LogP contribution in [0.4, 0.5) is 4.39 Å². The molecule has 190 valence electrons. The summed E-state index contributed by atoms with van der Waals surface area (Å²) in [6, 6.07) is 8.87. The van der Waals surface area contributed by atoms with Gasteiger partial charge >= 0.3 is 5.97 Å². The molecule has 0 unspecified atom stereocenters. The molecule has 3 rings (SSSR count). The van der Waals surface area contributed by atoms with Crippen LogP contribution < -0.4 is 5.32 Å². The van der Waals surface area contributed by atoms with Gasteiger partial charge in [0.1, 0.15) is 10.0 Å². The molecule has 2 N–H and O–H groups in total. The van der Waals surface area contributed by atoms with Crippen LogP contribution >= 0.6 is 34.7 Å². The Morgan fingerprint density at radius 1 is 1.26 bits per heavy atom. The Morgan fingerprint density at radius 3 is 2.69 bits per heavy atom. The van der Waals surface area contributed by atoms with Crippen LogP contribution in [0.3, 0.4) is 0 Å². The van der Waals surface area contributed by atoms with Gasteiger partial charge in [-0.2, -0.15) is 0 Å². The number of thioether (sulfide) groups is 1. The molecule has 5 nitrogen and oxygen atoms in total. The zero-order chi connectivity index (χ0) is 25.8. The number of aliphatic carboxylic acids is 1. The third kappa shape index (κ3) is 7.43. The lowest BCUT2D eigenvalue weighted by Crippen LogP contribution is -2.25. The van der Waals surface area contributed by atoms with E-state index in [1.807, 2.05) is 19.1 Å². The summed E-state index contributed by atoms with van der Waals surface area (Å²) in [6.07, 6.45) is 1.12. The highest BCUT2D eigenvalue weighted by atomic mass is 35.5. The van der Waals surface area contributed by atoms with E-state index in [-0.39, 0.29) is 26.7 Å². The van der Waals surface area contributed by atoms with Gasteiger partial charge in [-0.15, -0.1) is 23.1 Å².